The number of thioether (sulfide) groups is 1. The quantitative estimate of drug-likeness (QED) is 0.433. The number of hydrogen-bond acceptors (Lipinski definition) is 3. The van der Waals surface area contributed by atoms with Gasteiger partial charge in [-0.25, -0.2) is 5.43 Å². The van der Waals surface area contributed by atoms with E-state index in [1.165, 1.54) is 16.0 Å². The number of hydrogen-bond donors (Lipinski definition) is 1. The van der Waals surface area contributed by atoms with E-state index in [0.29, 0.717) is 6.42 Å². The molecule has 0 spiro atoms. The zero-order chi connectivity index (χ0) is 17.2. The molecule has 0 saturated heterocycles. The van der Waals surface area contributed by atoms with Crippen LogP contribution in [0.3, 0.4) is 0 Å². The second kappa shape index (κ2) is 9.93. The van der Waals surface area contributed by atoms with Crippen LogP contribution in [-0.4, -0.2) is 17.4 Å². The Morgan fingerprint density at radius 1 is 1.04 bits per heavy atom. The zero-order valence-electron chi connectivity index (χ0n) is 14.3. The molecule has 0 aliphatic carbocycles. The van der Waals surface area contributed by atoms with Crippen molar-refractivity contribution in [2.75, 3.05) is 5.75 Å². The highest BCUT2D eigenvalue weighted by Gasteiger charge is 2.02. The van der Waals surface area contributed by atoms with Gasteiger partial charge in [-0.05, 0) is 44.4 Å². The van der Waals surface area contributed by atoms with Gasteiger partial charge in [0, 0.05) is 22.8 Å². The highest BCUT2D eigenvalue weighted by molar-refractivity contribution is 7.99. The van der Waals surface area contributed by atoms with Crippen LogP contribution in [0.1, 0.15) is 30.9 Å². The van der Waals surface area contributed by atoms with Crippen molar-refractivity contribution >= 4 is 23.4 Å². The van der Waals surface area contributed by atoms with Gasteiger partial charge in [0.25, 0.3) is 0 Å². The number of nitrogens with zero attached hydrogens (tertiary/aromatic N) is 1. The predicted octanol–water partition coefficient (Wildman–Crippen LogP) is 4.60. The highest BCUT2D eigenvalue weighted by Crippen LogP contribution is 2.18. The molecule has 24 heavy (non-hydrogen) atoms. The standard InChI is InChI=1S/C20H24N2OS/c1-16-8-12-19(13-9-16)24-15-14-20(23)22-21-17(2)10-11-18-6-4-3-5-7-18/h3-9,12-13H,10-11,14-15H2,1-2H3,(H,22,23)/b21-17-. The molecular formula is C20H24N2OS. The van der Waals surface area contributed by atoms with E-state index in [1.54, 1.807) is 11.8 Å². The van der Waals surface area contributed by atoms with Crippen LogP contribution in [0.25, 0.3) is 0 Å². The Labute approximate surface area is 148 Å². The van der Waals surface area contributed by atoms with Crippen LogP contribution in [0, 0.1) is 6.92 Å². The SMILES string of the molecule is C/C(CCc1ccccc1)=N/NC(=O)CCSc1ccc(C)cc1. The third kappa shape index (κ3) is 7.01. The fraction of sp³-hybridized carbons (Fsp3) is 0.300. The summed E-state index contributed by atoms with van der Waals surface area (Å²) in [5.74, 6) is 0.724. The van der Waals surface area contributed by atoms with Gasteiger partial charge < -0.3 is 0 Å². The summed E-state index contributed by atoms with van der Waals surface area (Å²) in [5.41, 5.74) is 6.13. The average Bonchev–Trinajstić information content (AvgIpc) is 2.61. The van der Waals surface area contributed by atoms with Gasteiger partial charge in [-0.2, -0.15) is 5.10 Å². The Morgan fingerprint density at radius 3 is 2.46 bits per heavy atom. The molecule has 0 heterocycles. The largest absolute Gasteiger partial charge is 0.273 e. The molecule has 4 heteroatoms. The second-order valence-corrected chi connectivity index (χ2v) is 6.95. The van der Waals surface area contributed by atoms with Gasteiger partial charge in [-0.1, -0.05) is 48.0 Å². The van der Waals surface area contributed by atoms with Crippen LogP contribution in [0.2, 0.25) is 0 Å². The zero-order valence-corrected chi connectivity index (χ0v) is 15.1. The van der Waals surface area contributed by atoms with Crippen molar-refractivity contribution in [2.24, 2.45) is 5.10 Å². The van der Waals surface area contributed by atoms with Gasteiger partial charge >= 0.3 is 0 Å². The van der Waals surface area contributed by atoms with Crippen molar-refractivity contribution in [1.82, 2.24) is 5.43 Å². The minimum atomic E-state index is -0.0336. The van der Waals surface area contributed by atoms with E-state index in [9.17, 15) is 4.79 Å². The van der Waals surface area contributed by atoms with E-state index in [1.807, 2.05) is 25.1 Å². The minimum absolute atomic E-state index is 0.0336. The third-order valence-electron chi connectivity index (χ3n) is 3.61. The van der Waals surface area contributed by atoms with E-state index < -0.39 is 0 Å². The van der Waals surface area contributed by atoms with Crippen molar-refractivity contribution in [3.8, 4) is 0 Å². The van der Waals surface area contributed by atoms with Crippen molar-refractivity contribution in [3.63, 3.8) is 0 Å². The van der Waals surface area contributed by atoms with Gasteiger partial charge in [0.15, 0.2) is 0 Å². The normalized spacial score (nSPS) is 11.3. The van der Waals surface area contributed by atoms with Gasteiger partial charge in [0.2, 0.25) is 5.91 Å². The van der Waals surface area contributed by atoms with E-state index >= 15 is 0 Å². The topological polar surface area (TPSA) is 41.5 Å². The van der Waals surface area contributed by atoms with E-state index in [4.69, 9.17) is 0 Å². The Bertz CT molecular complexity index is 666. The molecule has 0 saturated carbocycles. The molecule has 2 aromatic carbocycles. The Hall–Kier alpha value is -2.07. The summed E-state index contributed by atoms with van der Waals surface area (Å²) in [6.07, 6.45) is 2.26. The first-order valence-electron chi connectivity index (χ1n) is 8.19. The summed E-state index contributed by atoms with van der Waals surface area (Å²) in [5, 5.41) is 4.18. The molecule has 0 aliphatic heterocycles. The monoisotopic (exact) mass is 340 g/mol. The van der Waals surface area contributed by atoms with Gasteiger partial charge in [0.1, 0.15) is 0 Å². The first-order chi connectivity index (χ1) is 11.6. The number of hydrazone groups is 1. The summed E-state index contributed by atoms with van der Waals surface area (Å²) in [7, 11) is 0. The van der Waals surface area contributed by atoms with Crippen LogP contribution in [0.5, 0.6) is 0 Å². The first kappa shape index (κ1) is 18.3. The number of aryl methyl sites for hydroxylation is 2. The second-order valence-electron chi connectivity index (χ2n) is 5.78. The molecule has 0 unspecified atom stereocenters. The van der Waals surface area contributed by atoms with Crippen LogP contribution < -0.4 is 5.43 Å². The average molecular weight is 340 g/mol. The summed E-state index contributed by atoms with van der Waals surface area (Å²) < 4.78 is 0. The Balaban J connectivity index is 1.65. The number of carbonyl (C=O) groups excluding carboxylic acids is 1. The van der Waals surface area contributed by atoms with Crippen molar-refractivity contribution in [1.29, 1.82) is 0 Å². The molecular weight excluding hydrogens is 316 g/mol. The van der Waals surface area contributed by atoms with Crippen LogP contribution in [0.4, 0.5) is 0 Å². The van der Waals surface area contributed by atoms with E-state index in [2.05, 4.69) is 53.8 Å². The molecule has 3 nitrogen and oxygen atoms in total. The molecule has 126 valence electrons. The van der Waals surface area contributed by atoms with Crippen LogP contribution >= 0.6 is 11.8 Å². The van der Waals surface area contributed by atoms with Crippen molar-refractivity contribution in [3.05, 3.63) is 65.7 Å². The fourth-order valence-electron chi connectivity index (χ4n) is 2.14. The van der Waals surface area contributed by atoms with E-state index in [0.717, 1.165) is 24.3 Å². The van der Waals surface area contributed by atoms with E-state index in [-0.39, 0.29) is 5.91 Å². The smallest absolute Gasteiger partial charge is 0.240 e. The minimum Gasteiger partial charge on any atom is -0.273 e. The molecule has 0 bridgehead atoms. The van der Waals surface area contributed by atoms with Crippen LogP contribution in [0.15, 0.2) is 64.6 Å². The summed E-state index contributed by atoms with van der Waals surface area (Å²) in [6, 6.07) is 18.6. The number of rotatable bonds is 8. The molecule has 0 fully saturated rings. The highest BCUT2D eigenvalue weighted by atomic mass is 32.2. The molecule has 2 rings (SSSR count). The summed E-state index contributed by atoms with van der Waals surface area (Å²) in [4.78, 5) is 13.0. The Morgan fingerprint density at radius 2 is 1.75 bits per heavy atom. The lowest BCUT2D eigenvalue weighted by Crippen LogP contribution is -2.19. The molecule has 0 radical (unpaired) electrons. The maximum atomic E-state index is 11.8. The molecule has 1 N–H and O–H groups in total. The van der Waals surface area contributed by atoms with Crippen molar-refractivity contribution in [2.45, 2.75) is 38.0 Å². The lowest BCUT2D eigenvalue weighted by molar-refractivity contribution is -0.120. The van der Waals surface area contributed by atoms with Gasteiger partial charge in [-0.3, -0.25) is 4.79 Å². The molecule has 2 aromatic rings. The molecule has 0 atom stereocenters. The lowest BCUT2D eigenvalue weighted by Gasteiger charge is -2.04. The Kier molecular flexibility index (Phi) is 7.56. The van der Waals surface area contributed by atoms with Crippen molar-refractivity contribution < 1.29 is 4.79 Å². The summed E-state index contributed by atoms with van der Waals surface area (Å²) in [6.45, 7) is 4.02. The van der Waals surface area contributed by atoms with Gasteiger partial charge in [0.05, 0.1) is 0 Å². The summed E-state index contributed by atoms with van der Waals surface area (Å²) >= 11 is 1.69. The predicted molar refractivity (Wildman–Crippen MR) is 103 cm³/mol. The number of nitrogens with one attached hydrogen (secondary N) is 1. The number of carbonyl (C=O) groups is 1. The first-order valence-corrected chi connectivity index (χ1v) is 9.17. The maximum absolute atomic E-state index is 11.8. The fourth-order valence-corrected chi connectivity index (χ4v) is 2.99. The molecule has 0 aliphatic rings. The number of amides is 1. The number of benzene rings is 2. The molecule has 0 aromatic heterocycles. The third-order valence-corrected chi connectivity index (χ3v) is 4.62. The molecule has 1 amide bonds. The maximum Gasteiger partial charge on any atom is 0.240 e. The lowest BCUT2D eigenvalue weighted by atomic mass is 10.1. The van der Waals surface area contributed by atoms with Gasteiger partial charge in [-0.15, -0.1) is 11.8 Å². The van der Waals surface area contributed by atoms with Crippen LogP contribution in [-0.2, 0) is 11.2 Å².